The normalized spacial score (nSPS) is 18.8. The summed E-state index contributed by atoms with van der Waals surface area (Å²) < 4.78 is 0. The van der Waals surface area contributed by atoms with Crippen molar-refractivity contribution < 1.29 is 14.7 Å². The number of benzene rings is 1. The maximum atomic E-state index is 11.9. The number of carbonyl (C=O) groups is 2. The second-order valence-electron chi connectivity index (χ2n) is 5.66. The van der Waals surface area contributed by atoms with Crippen molar-refractivity contribution >= 4 is 17.7 Å². The van der Waals surface area contributed by atoms with E-state index in [2.05, 4.69) is 10.6 Å². The molecular weight excluding hydrogens is 256 g/mol. The number of aliphatic carboxylic acids is 1. The highest BCUT2D eigenvalue weighted by Crippen LogP contribution is 2.32. The van der Waals surface area contributed by atoms with Gasteiger partial charge in [0.25, 0.3) is 0 Å². The van der Waals surface area contributed by atoms with Crippen LogP contribution < -0.4 is 10.6 Å². The van der Waals surface area contributed by atoms with E-state index in [0.29, 0.717) is 12.8 Å². The summed E-state index contributed by atoms with van der Waals surface area (Å²) in [6.45, 7) is 0. The van der Waals surface area contributed by atoms with Gasteiger partial charge in [0.1, 0.15) is 5.54 Å². The molecule has 1 saturated carbocycles. The summed E-state index contributed by atoms with van der Waals surface area (Å²) in [7, 11) is 0. The maximum Gasteiger partial charge on any atom is 0.329 e. The fourth-order valence-electron chi connectivity index (χ4n) is 2.95. The van der Waals surface area contributed by atoms with Crippen LogP contribution in [-0.4, -0.2) is 22.6 Å². The number of aryl methyl sites for hydroxylation is 2. The minimum Gasteiger partial charge on any atom is -0.480 e. The van der Waals surface area contributed by atoms with Gasteiger partial charge >= 0.3 is 12.0 Å². The Hall–Kier alpha value is -2.04. The first-order chi connectivity index (χ1) is 9.59. The minimum absolute atomic E-state index is 0.440. The molecule has 0 saturated heterocycles. The third-order valence-corrected chi connectivity index (χ3v) is 4.33. The van der Waals surface area contributed by atoms with Crippen LogP contribution in [0.25, 0.3) is 0 Å². The largest absolute Gasteiger partial charge is 0.480 e. The van der Waals surface area contributed by atoms with Crippen molar-refractivity contribution in [3.05, 3.63) is 29.3 Å². The first-order valence-corrected chi connectivity index (χ1v) is 7.03. The lowest BCUT2D eigenvalue weighted by Crippen LogP contribution is -2.60. The van der Waals surface area contributed by atoms with Crippen LogP contribution >= 0.6 is 0 Å². The summed E-state index contributed by atoms with van der Waals surface area (Å²) in [5.74, 6) is -0.951. The smallest absolute Gasteiger partial charge is 0.329 e. The number of carbonyl (C=O) groups excluding carboxylic acids is 1. The van der Waals surface area contributed by atoms with E-state index in [1.807, 2.05) is 18.2 Å². The molecule has 1 fully saturated rings. The topological polar surface area (TPSA) is 78.4 Å². The molecule has 0 atom stereocenters. The van der Waals surface area contributed by atoms with Gasteiger partial charge in [-0.3, -0.25) is 0 Å². The Morgan fingerprint density at radius 2 is 1.85 bits per heavy atom. The van der Waals surface area contributed by atoms with Crippen molar-refractivity contribution in [1.82, 2.24) is 5.32 Å². The van der Waals surface area contributed by atoms with E-state index in [-0.39, 0.29) is 0 Å². The zero-order valence-electron chi connectivity index (χ0n) is 11.2. The summed E-state index contributed by atoms with van der Waals surface area (Å²) in [6, 6.07) is 5.45. The van der Waals surface area contributed by atoms with Gasteiger partial charge in [0.2, 0.25) is 0 Å². The molecule has 5 heteroatoms. The number of carboxylic acid groups (broad SMARTS) is 1. The van der Waals surface area contributed by atoms with Gasteiger partial charge in [-0.2, -0.15) is 0 Å². The summed E-state index contributed by atoms with van der Waals surface area (Å²) in [5.41, 5.74) is 2.28. The van der Waals surface area contributed by atoms with Crippen molar-refractivity contribution in [3.63, 3.8) is 0 Å². The van der Waals surface area contributed by atoms with Crippen molar-refractivity contribution in [2.45, 2.75) is 44.1 Å². The molecule has 0 heterocycles. The SMILES string of the molecule is O=C(Nc1ccc2c(c1)CCC2)NC1(C(=O)O)CCC1. The predicted octanol–water partition coefficient (Wildman–Crippen LogP) is 2.30. The Morgan fingerprint density at radius 1 is 1.10 bits per heavy atom. The van der Waals surface area contributed by atoms with E-state index < -0.39 is 17.5 Å². The molecule has 106 valence electrons. The first kappa shape index (κ1) is 13.0. The van der Waals surface area contributed by atoms with Crippen LogP contribution in [-0.2, 0) is 17.6 Å². The van der Waals surface area contributed by atoms with Gasteiger partial charge in [-0.1, -0.05) is 6.07 Å². The fraction of sp³-hybridized carbons (Fsp3) is 0.467. The van der Waals surface area contributed by atoms with Gasteiger partial charge in [0, 0.05) is 5.69 Å². The molecule has 2 amide bonds. The quantitative estimate of drug-likeness (QED) is 0.791. The second-order valence-corrected chi connectivity index (χ2v) is 5.66. The number of urea groups is 1. The number of hydrogen-bond donors (Lipinski definition) is 3. The third-order valence-electron chi connectivity index (χ3n) is 4.33. The van der Waals surface area contributed by atoms with Crippen molar-refractivity contribution in [2.75, 3.05) is 5.32 Å². The van der Waals surface area contributed by atoms with Crippen molar-refractivity contribution in [3.8, 4) is 0 Å². The number of rotatable bonds is 3. The van der Waals surface area contributed by atoms with Gasteiger partial charge in [0.15, 0.2) is 0 Å². The number of carboxylic acids is 1. The van der Waals surface area contributed by atoms with Crippen LogP contribution in [0.4, 0.5) is 10.5 Å². The van der Waals surface area contributed by atoms with Gasteiger partial charge < -0.3 is 15.7 Å². The fourth-order valence-corrected chi connectivity index (χ4v) is 2.95. The zero-order valence-corrected chi connectivity index (χ0v) is 11.2. The lowest BCUT2D eigenvalue weighted by Gasteiger charge is -2.38. The van der Waals surface area contributed by atoms with Crippen LogP contribution in [0.5, 0.6) is 0 Å². The number of hydrogen-bond acceptors (Lipinski definition) is 2. The van der Waals surface area contributed by atoms with E-state index in [0.717, 1.165) is 31.4 Å². The second kappa shape index (κ2) is 4.81. The molecule has 1 aromatic rings. The molecule has 20 heavy (non-hydrogen) atoms. The molecule has 0 radical (unpaired) electrons. The molecule has 3 N–H and O–H groups in total. The number of fused-ring (bicyclic) bond motifs is 1. The van der Waals surface area contributed by atoms with E-state index >= 15 is 0 Å². The van der Waals surface area contributed by atoms with Crippen molar-refractivity contribution in [2.24, 2.45) is 0 Å². The van der Waals surface area contributed by atoms with Gasteiger partial charge in [-0.25, -0.2) is 9.59 Å². The molecule has 0 spiro atoms. The van der Waals surface area contributed by atoms with Crippen LogP contribution in [0, 0.1) is 0 Å². The minimum atomic E-state index is -1.07. The molecule has 0 aliphatic heterocycles. The lowest BCUT2D eigenvalue weighted by molar-refractivity contribution is -0.148. The molecule has 0 unspecified atom stereocenters. The van der Waals surface area contributed by atoms with Crippen molar-refractivity contribution in [1.29, 1.82) is 0 Å². The van der Waals surface area contributed by atoms with E-state index in [1.165, 1.54) is 11.1 Å². The standard InChI is InChI=1S/C15H18N2O3/c18-13(19)15(7-2-8-15)17-14(20)16-12-6-5-10-3-1-4-11(10)9-12/h5-6,9H,1-4,7-8H2,(H,18,19)(H2,16,17,20). The Labute approximate surface area is 117 Å². The van der Waals surface area contributed by atoms with Gasteiger partial charge in [-0.15, -0.1) is 0 Å². The van der Waals surface area contributed by atoms with Crippen LogP contribution in [0.1, 0.15) is 36.8 Å². The molecule has 2 aliphatic rings. The van der Waals surface area contributed by atoms with E-state index in [4.69, 9.17) is 0 Å². The molecule has 0 aromatic heterocycles. The summed E-state index contributed by atoms with van der Waals surface area (Å²) >= 11 is 0. The number of anilines is 1. The summed E-state index contributed by atoms with van der Waals surface area (Å²) in [6.07, 6.45) is 5.15. The number of nitrogens with one attached hydrogen (secondary N) is 2. The van der Waals surface area contributed by atoms with Gasteiger partial charge in [-0.05, 0) is 61.8 Å². The Balaban J connectivity index is 1.66. The van der Waals surface area contributed by atoms with Gasteiger partial charge in [0.05, 0.1) is 0 Å². The highest BCUT2D eigenvalue weighted by molar-refractivity contribution is 5.94. The molecule has 3 rings (SSSR count). The van der Waals surface area contributed by atoms with Crippen LogP contribution in [0.2, 0.25) is 0 Å². The van der Waals surface area contributed by atoms with E-state index in [9.17, 15) is 14.7 Å². The summed E-state index contributed by atoms with van der Waals surface area (Å²) in [4.78, 5) is 23.1. The Kier molecular flexibility index (Phi) is 3.12. The maximum absolute atomic E-state index is 11.9. The highest BCUT2D eigenvalue weighted by Gasteiger charge is 2.45. The van der Waals surface area contributed by atoms with E-state index in [1.54, 1.807) is 0 Å². The number of amides is 2. The average Bonchev–Trinajstić information content (AvgIpc) is 2.80. The molecular formula is C15H18N2O3. The Bertz CT molecular complexity index is 564. The summed E-state index contributed by atoms with van der Waals surface area (Å²) in [5, 5.41) is 14.5. The highest BCUT2D eigenvalue weighted by atomic mass is 16.4. The third kappa shape index (κ3) is 2.24. The predicted molar refractivity (Wildman–Crippen MR) is 74.8 cm³/mol. The van der Waals surface area contributed by atoms with Crippen LogP contribution in [0.3, 0.4) is 0 Å². The molecule has 1 aromatic carbocycles. The lowest BCUT2D eigenvalue weighted by atomic mass is 9.77. The first-order valence-electron chi connectivity index (χ1n) is 7.03. The molecule has 0 bridgehead atoms. The molecule has 2 aliphatic carbocycles. The average molecular weight is 274 g/mol. The monoisotopic (exact) mass is 274 g/mol. The zero-order chi connectivity index (χ0) is 14.2. The van der Waals surface area contributed by atoms with Crippen LogP contribution in [0.15, 0.2) is 18.2 Å². The Morgan fingerprint density at radius 3 is 2.50 bits per heavy atom. The molecule has 5 nitrogen and oxygen atoms in total.